The number of benzene rings is 2. The van der Waals surface area contributed by atoms with Gasteiger partial charge in [0.1, 0.15) is 5.58 Å². The van der Waals surface area contributed by atoms with E-state index < -0.39 is 5.97 Å². The first-order chi connectivity index (χ1) is 14.2. The zero-order valence-electron chi connectivity index (χ0n) is 18.2. The Morgan fingerprint density at radius 2 is 1.77 bits per heavy atom. The summed E-state index contributed by atoms with van der Waals surface area (Å²) in [7, 11) is 0. The molecule has 0 fully saturated rings. The van der Waals surface area contributed by atoms with Crippen molar-refractivity contribution in [2.75, 3.05) is 13.2 Å². The fourth-order valence-electron chi connectivity index (χ4n) is 3.11. The minimum absolute atomic E-state index is 0.00221. The number of carbonyl (C=O) groups is 1. The molecule has 0 aliphatic carbocycles. The predicted octanol–water partition coefficient (Wildman–Crippen LogP) is 5.40. The maximum atomic E-state index is 13.1. The molecule has 5 nitrogen and oxygen atoms in total. The van der Waals surface area contributed by atoms with E-state index in [0.29, 0.717) is 35.3 Å². The molecule has 0 saturated carbocycles. The molecular formula is C25H28O5. The van der Waals surface area contributed by atoms with Crippen LogP contribution in [-0.2, 0) is 14.9 Å². The van der Waals surface area contributed by atoms with Crippen molar-refractivity contribution in [3.05, 3.63) is 63.8 Å². The normalized spacial score (nSPS) is 11.5. The third kappa shape index (κ3) is 4.73. The average molecular weight is 408 g/mol. The molecule has 3 aromatic rings. The molecule has 3 rings (SSSR count). The molecule has 0 bridgehead atoms. The SMILES string of the molecule is CCCOC(=O)COc1c(-c2ccc(C(C)(C)C)cc2)oc2cc(C)ccc2c1=O. The van der Waals surface area contributed by atoms with Crippen LogP contribution in [0.25, 0.3) is 22.3 Å². The Labute approximate surface area is 176 Å². The number of carbonyl (C=O) groups excluding carboxylic acids is 1. The van der Waals surface area contributed by atoms with E-state index in [9.17, 15) is 9.59 Å². The quantitative estimate of drug-likeness (QED) is 0.511. The molecule has 158 valence electrons. The molecule has 0 unspecified atom stereocenters. The van der Waals surface area contributed by atoms with Gasteiger partial charge in [-0.25, -0.2) is 4.79 Å². The molecule has 0 atom stereocenters. The molecule has 1 aromatic heterocycles. The Kier molecular flexibility index (Phi) is 6.30. The average Bonchev–Trinajstić information content (AvgIpc) is 2.70. The van der Waals surface area contributed by atoms with E-state index in [1.54, 1.807) is 6.07 Å². The van der Waals surface area contributed by atoms with Gasteiger partial charge < -0.3 is 13.9 Å². The molecule has 0 radical (unpaired) electrons. The van der Waals surface area contributed by atoms with Gasteiger partial charge in [-0.05, 0) is 42.0 Å². The zero-order chi connectivity index (χ0) is 21.9. The van der Waals surface area contributed by atoms with Crippen LogP contribution in [0.3, 0.4) is 0 Å². The lowest BCUT2D eigenvalue weighted by Gasteiger charge is -2.19. The van der Waals surface area contributed by atoms with Gasteiger partial charge in [-0.1, -0.05) is 58.0 Å². The third-order valence-corrected chi connectivity index (χ3v) is 4.82. The van der Waals surface area contributed by atoms with E-state index >= 15 is 0 Å². The van der Waals surface area contributed by atoms with Crippen LogP contribution >= 0.6 is 0 Å². The van der Waals surface area contributed by atoms with Crippen molar-refractivity contribution in [3.8, 4) is 17.1 Å². The lowest BCUT2D eigenvalue weighted by Crippen LogP contribution is -2.19. The number of fused-ring (bicyclic) bond motifs is 1. The van der Waals surface area contributed by atoms with Crippen LogP contribution in [0.5, 0.6) is 5.75 Å². The Hall–Kier alpha value is -3.08. The summed E-state index contributed by atoms with van der Waals surface area (Å²) in [6.45, 7) is 10.2. The molecule has 0 amide bonds. The van der Waals surface area contributed by atoms with Gasteiger partial charge in [-0.3, -0.25) is 4.79 Å². The van der Waals surface area contributed by atoms with E-state index in [1.165, 1.54) is 0 Å². The third-order valence-electron chi connectivity index (χ3n) is 4.82. The predicted molar refractivity (Wildman–Crippen MR) is 118 cm³/mol. The Balaban J connectivity index is 2.08. The first-order valence-electron chi connectivity index (χ1n) is 10.2. The summed E-state index contributed by atoms with van der Waals surface area (Å²) in [5.74, 6) is -0.195. The van der Waals surface area contributed by atoms with Crippen LogP contribution in [0, 0.1) is 6.92 Å². The molecule has 0 saturated heterocycles. The second kappa shape index (κ2) is 8.74. The Morgan fingerprint density at radius 1 is 1.07 bits per heavy atom. The van der Waals surface area contributed by atoms with E-state index in [4.69, 9.17) is 13.9 Å². The van der Waals surface area contributed by atoms with Gasteiger partial charge in [0, 0.05) is 5.56 Å². The lowest BCUT2D eigenvalue weighted by molar-refractivity contribution is -0.146. The summed E-state index contributed by atoms with van der Waals surface area (Å²) in [6, 6.07) is 13.2. The highest BCUT2D eigenvalue weighted by Crippen LogP contribution is 2.33. The van der Waals surface area contributed by atoms with Crippen molar-refractivity contribution in [1.82, 2.24) is 0 Å². The van der Waals surface area contributed by atoms with E-state index in [1.807, 2.05) is 50.2 Å². The summed E-state index contributed by atoms with van der Waals surface area (Å²) < 4.78 is 16.8. The largest absolute Gasteiger partial charge is 0.474 e. The molecule has 0 spiro atoms. The first-order valence-corrected chi connectivity index (χ1v) is 10.2. The van der Waals surface area contributed by atoms with Gasteiger partial charge in [-0.15, -0.1) is 0 Å². The molecule has 0 aliphatic heterocycles. The van der Waals surface area contributed by atoms with Gasteiger partial charge in [0.25, 0.3) is 0 Å². The van der Waals surface area contributed by atoms with Gasteiger partial charge in [0.05, 0.1) is 12.0 Å². The van der Waals surface area contributed by atoms with Crippen LogP contribution in [0.15, 0.2) is 51.7 Å². The fraction of sp³-hybridized carbons (Fsp3) is 0.360. The molecule has 1 heterocycles. The summed E-state index contributed by atoms with van der Waals surface area (Å²) in [5.41, 5.74) is 3.03. The van der Waals surface area contributed by atoms with E-state index in [0.717, 1.165) is 11.1 Å². The van der Waals surface area contributed by atoms with E-state index in [2.05, 4.69) is 20.8 Å². The Morgan fingerprint density at radius 3 is 2.40 bits per heavy atom. The minimum atomic E-state index is -0.519. The smallest absolute Gasteiger partial charge is 0.344 e. The van der Waals surface area contributed by atoms with Crippen molar-refractivity contribution in [1.29, 1.82) is 0 Å². The van der Waals surface area contributed by atoms with Gasteiger partial charge >= 0.3 is 5.97 Å². The fourth-order valence-corrected chi connectivity index (χ4v) is 3.11. The molecular weight excluding hydrogens is 380 g/mol. The summed E-state index contributed by atoms with van der Waals surface area (Å²) >= 11 is 0. The van der Waals surface area contributed by atoms with Crippen molar-refractivity contribution >= 4 is 16.9 Å². The van der Waals surface area contributed by atoms with Crippen LogP contribution in [-0.4, -0.2) is 19.2 Å². The van der Waals surface area contributed by atoms with Crippen LogP contribution in [0.1, 0.15) is 45.2 Å². The number of ether oxygens (including phenoxy) is 2. The molecule has 0 N–H and O–H groups in total. The minimum Gasteiger partial charge on any atom is -0.474 e. The monoisotopic (exact) mass is 408 g/mol. The number of aryl methyl sites for hydroxylation is 1. The maximum absolute atomic E-state index is 13.1. The molecule has 0 aliphatic rings. The van der Waals surface area contributed by atoms with Crippen molar-refractivity contribution in [2.24, 2.45) is 0 Å². The number of hydrogen-bond donors (Lipinski definition) is 0. The number of hydrogen-bond acceptors (Lipinski definition) is 5. The molecule has 2 aromatic carbocycles. The maximum Gasteiger partial charge on any atom is 0.344 e. The summed E-state index contributed by atoms with van der Waals surface area (Å²) in [5, 5.41) is 0.410. The second-order valence-corrected chi connectivity index (χ2v) is 8.43. The topological polar surface area (TPSA) is 65.7 Å². The number of esters is 1. The van der Waals surface area contributed by atoms with Crippen LogP contribution in [0.4, 0.5) is 0 Å². The van der Waals surface area contributed by atoms with Gasteiger partial charge in [0.15, 0.2) is 12.4 Å². The van der Waals surface area contributed by atoms with Gasteiger partial charge in [0.2, 0.25) is 11.2 Å². The second-order valence-electron chi connectivity index (χ2n) is 8.43. The lowest BCUT2D eigenvalue weighted by atomic mass is 9.86. The highest BCUT2D eigenvalue weighted by Gasteiger charge is 2.20. The molecule has 30 heavy (non-hydrogen) atoms. The Bertz CT molecular complexity index is 1100. The summed E-state index contributed by atoms with van der Waals surface area (Å²) in [6.07, 6.45) is 0.717. The van der Waals surface area contributed by atoms with Crippen molar-refractivity contribution in [2.45, 2.75) is 46.5 Å². The highest BCUT2D eigenvalue weighted by atomic mass is 16.6. The van der Waals surface area contributed by atoms with E-state index in [-0.39, 0.29) is 23.2 Å². The molecule has 5 heteroatoms. The van der Waals surface area contributed by atoms with Crippen molar-refractivity contribution in [3.63, 3.8) is 0 Å². The van der Waals surface area contributed by atoms with Crippen LogP contribution in [0.2, 0.25) is 0 Å². The first kappa shape index (κ1) is 21.6. The zero-order valence-corrected chi connectivity index (χ0v) is 18.2. The standard InChI is InChI=1S/C25H28O5/c1-6-13-28-21(26)15-29-24-22(27)19-12-7-16(2)14-20(19)30-23(24)17-8-10-18(11-9-17)25(3,4)5/h7-12,14H,6,13,15H2,1-5H3. The van der Waals surface area contributed by atoms with Crippen molar-refractivity contribution < 1.29 is 18.7 Å². The number of rotatable bonds is 6. The van der Waals surface area contributed by atoms with Crippen LogP contribution < -0.4 is 10.2 Å². The highest BCUT2D eigenvalue weighted by molar-refractivity contribution is 5.83. The van der Waals surface area contributed by atoms with Gasteiger partial charge in [-0.2, -0.15) is 0 Å². The summed E-state index contributed by atoms with van der Waals surface area (Å²) in [4.78, 5) is 25.1.